The van der Waals surface area contributed by atoms with Crippen molar-refractivity contribution in [2.24, 2.45) is 5.10 Å². The van der Waals surface area contributed by atoms with E-state index in [1.165, 1.54) is 0 Å². The van der Waals surface area contributed by atoms with E-state index in [0.29, 0.717) is 11.7 Å². The van der Waals surface area contributed by atoms with E-state index in [2.05, 4.69) is 15.8 Å². The molecule has 1 heterocycles. The van der Waals surface area contributed by atoms with Crippen molar-refractivity contribution in [3.8, 4) is 5.75 Å². The number of hydrazone groups is 1. The first-order valence-corrected chi connectivity index (χ1v) is 7.60. The molecule has 0 spiro atoms. The van der Waals surface area contributed by atoms with Gasteiger partial charge in [0, 0.05) is 13.2 Å². The molecular formula is C15H21N3O2S. The summed E-state index contributed by atoms with van der Waals surface area (Å²) in [7, 11) is 0. The van der Waals surface area contributed by atoms with Gasteiger partial charge in [-0.3, -0.25) is 5.43 Å². The largest absolute Gasteiger partial charge is 0.494 e. The highest BCUT2D eigenvalue weighted by Crippen LogP contribution is 2.11. The minimum Gasteiger partial charge on any atom is -0.494 e. The van der Waals surface area contributed by atoms with Crippen LogP contribution in [-0.4, -0.2) is 37.2 Å². The Balaban J connectivity index is 1.69. The Morgan fingerprint density at radius 3 is 2.95 bits per heavy atom. The molecule has 0 bridgehead atoms. The highest BCUT2D eigenvalue weighted by atomic mass is 32.1. The lowest BCUT2D eigenvalue weighted by Gasteiger charge is -2.11. The Morgan fingerprint density at radius 2 is 2.29 bits per heavy atom. The smallest absolute Gasteiger partial charge is 0.187 e. The van der Waals surface area contributed by atoms with Gasteiger partial charge >= 0.3 is 0 Å². The highest BCUT2D eigenvalue weighted by Gasteiger charge is 2.14. The lowest BCUT2D eigenvalue weighted by molar-refractivity contribution is 0.114. The highest BCUT2D eigenvalue weighted by molar-refractivity contribution is 7.80. The third-order valence-corrected chi connectivity index (χ3v) is 3.32. The Labute approximate surface area is 130 Å². The Bertz CT molecular complexity index is 470. The van der Waals surface area contributed by atoms with E-state index < -0.39 is 0 Å². The van der Waals surface area contributed by atoms with Crippen LogP contribution in [0, 0.1) is 0 Å². The van der Waals surface area contributed by atoms with Gasteiger partial charge in [-0.05, 0) is 61.8 Å². The molecule has 1 atom stereocenters. The van der Waals surface area contributed by atoms with E-state index >= 15 is 0 Å². The van der Waals surface area contributed by atoms with E-state index in [-0.39, 0.29) is 6.10 Å². The van der Waals surface area contributed by atoms with Crippen LogP contribution in [0.25, 0.3) is 0 Å². The average Bonchev–Trinajstić information content (AvgIpc) is 3.01. The van der Waals surface area contributed by atoms with Crippen LogP contribution in [-0.2, 0) is 4.74 Å². The van der Waals surface area contributed by atoms with Crippen molar-refractivity contribution in [2.75, 3.05) is 19.8 Å². The van der Waals surface area contributed by atoms with Gasteiger partial charge in [-0.15, -0.1) is 0 Å². The minimum absolute atomic E-state index is 0.264. The van der Waals surface area contributed by atoms with Crippen molar-refractivity contribution >= 4 is 23.5 Å². The normalized spacial score (nSPS) is 17.9. The molecule has 21 heavy (non-hydrogen) atoms. The Morgan fingerprint density at radius 1 is 1.48 bits per heavy atom. The summed E-state index contributed by atoms with van der Waals surface area (Å²) in [6.45, 7) is 4.20. The van der Waals surface area contributed by atoms with E-state index in [9.17, 15) is 0 Å². The zero-order valence-electron chi connectivity index (χ0n) is 12.2. The molecule has 1 aliphatic heterocycles. The molecule has 0 saturated carbocycles. The standard InChI is InChI=1S/C15H21N3O2S/c1-2-19-13-7-5-12(6-8-13)10-17-18-15(21)16-11-14-4-3-9-20-14/h5-8,10,14H,2-4,9,11H2,1H3,(H2,16,18,21)/b17-10-/t14-/m1/s1. The first kappa shape index (κ1) is 15.7. The summed E-state index contributed by atoms with van der Waals surface area (Å²) in [6, 6.07) is 7.72. The van der Waals surface area contributed by atoms with Gasteiger partial charge in [0.1, 0.15) is 5.75 Å². The third kappa shape index (κ3) is 5.69. The number of rotatable bonds is 6. The first-order valence-electron chi connectivity index (χ1n) is 7.19. The fourth-order valence-electron chi connectivity index (χ4n) is 2.03. The van der Waals surface area contributed by atoms with Crippen LogP contribution in [0.4, 0.5) is 0 Å². The second-order valence-corrected chi connectivity index (χ2v) is 5.13. The molecular weight excluding hydrogens is 286 g/mol. The van der Waals surface area contributed by atoms with Gasteiger partial charge in [0.2, 0.25) is 0 Å². The Kier molecular flexibility index (Phi) is 6.43. The average molecular weight is 307 g/mol. The molecule has 1 aromatic rings. The zero-order chi connectivity index (χ0) is 14.9. The van der Waals surface area contributed by atoms with E-state index in [4.69, 9.17) is 21.7 Å². The van der Waals surface area contributed by atoms with Crippen molar-refractivity contribution in [3.05, 3.63) is 29.8 Å². The van der Waals surface area contributed by atoms with Gasteiger partial charge in [0.15, 0.2) is 5.11 Å². The quantitative estimate of drug-likeness (QED) is 0.479. The molecule has 0 aromatic heterocycles. The molecule has 114 valence electrons. The van der Waals surface area contributed by atoms with E-state index in [0.717, 1.165) is 37.3 Å². The molecule has 1 fully saturated rings. The van der Waals surface area contributed by atoms with Gasteiger partial charge in [-0.25, -0.2) is 0 Å². The van der Waals surface area contributed by atoms with Gasteiger partial charge in [0.25, 0.3) is 0 Å². The first-order chi connectivity index (χ1) is 10.3. The molecule has 5 nitrogen and oxygen atoms in total. The van der Waals surface area contributed by atoms with Crippen molar-refractivity contribution in [1.29, 1.82) is 0 Å². The molecule has 1 saturated heterocycles. The van der Waals surface area contributed by atoms with Crippen LogP contribution < -0.4 is 15.5 Å². The number of benzene rings is 1. The van der Waals surface area contributed by atoms with Crippen LogP contribution in [0.3, 0.4) is 0 Å². The summed E-state index contributed by atoms with van der Waals surface area (Å²) in [5.41, 5.74) is 3.78. The maximum Gasteiger partial charge on any atom is 0.187 e. The van der Waals surface area contributed by atoms with Gasteiger partial charge in [0.05, 0.1) is 18.9 Å². The summed E-state index contributed by atoms with van der Waals surface area (Å²) >= 11 is 5.15. The lowest BCUT2D eigenvalue weighted by Crippen LogP contribution is -2.37. The SMILES string of the molecule is CCOc1ccc(/C=N\NC(=S)NC[C@H]2CCCO2)cc1. The summed E-state index contributed by atoms with van der Waals surface area (Å²) < 4.78 is 10.9. The second-order valence-electron chi connectivity index (χ2n) is 4.72. The number of hydrogen-bond donors (Lipinski definition) is 2. The topological polar surface area (TPSA) is 54.9 Å². The molecule has 0 unspecified atom stereocenters. The van der Waals surface area contributed by atoms with Crippen LogP contribution in [0.5, 0.6) is 5.75 Å². The van der Waals surface area contributed by atoms with Crippen molar-refractivity contribution < 1.29 is 9.47 Å². The number of ether oxygens (including phenoxy) is 2. The van der Waals surface area contributed by atoms with Crippen LogP contribution >= 0.6 is 12.2 Å². The van der Waals surface area contributed by atoms with Gasteiger partial charge < -0.3 is 14.8 Å². The number of hydrogen-bond acceptors (Lipinski definition) is 4. The summed E-state index contributed by atoms with van der Waals surface area (Å²) in [6.07, 6.45) is 4.20. The van der Waals surface area contributed by atoms with E-state index in [1.807, 2.05) is 31.2 Å². The van der Waals surface area contributed by atoms with Gasteiger partial charge in [-0.2, -0.15) is 5.10 Å². The molecule has 0 radical (unpaired) electrons. The lowest BCUT2D eigenvalue weighted by atomic mass is 10.2. The van der Waals surface area contributed by atoms with Crippen molar-refractivity contribution in [1.82, 2.24) is 10.7 Å². The fourth-order valence-corrected chi connectivity index (χ4v) is 2.17. The minimum atomic E-state index is 0.264. The molecule has 2 N–H and O–H groups in total. The zero-order valence-corrected chi connectivity index (χ0v) is 13.0. The fraction of sp³-hybridized carbons (Fsp3) is 0.467. The molecule has 6 heteroatoms. The molecule has 0 amide bonds. The van der Waals surface area contributed by atoms with Crippen LogP contribution in [0.2, 0.25) is 0 Å². The number of thiocarbonyl (C=S) groups is 1. The second kappa shape index (κ2) is 8.59. The van der Waals surface area contributed by atoms with Crippen LogP contribution in [0.15, 0.2) is 29.4 Å². The van der Waals surface area contributed by atoms with Crippen molar-refractivity contribution in [2.45, 2.75) is 25.9 Å². The summed E-state index contributed by atoms with van der Waals surface area (Å²) in [5, 5.41) is 7.71. The van der Waals surface area contributed by atoms with Crippen molar-refractivity contribution in [3.63, 3.8) is 0 Å². The molecule has 1 aromatic carbocycles. The number of nitrogens with zero attached hydrogens (tertiary/aromatic N) is 1. The molecule has 0 aliphatic carbocycles. The van der Waals surface area contributed by atoms with E-state index in [1.54, 1.807) is 6.21 Å². The number of nitrogens with one attached hydrogen (secondary N) is 2. The predicted molar refractivity (Wildman–Crippen MR) is 87.9 cm³/mol. The maximum atomic E-state index is 5.51. The summed E-state index contributed by atoms with van der Waals surface area (Å²) in [4.78, 5) is 0. The van der Waals surface area contributed by atoms with Gasteiger partial charge in [-0.1, -0.05) is 0 Å². The Hall–Kier alpha value is -1.66. The molecule has 2 rings (SSSR count). The third-order valence-electron chi connectivity index (χ3n) is 3.09. The molecule has 1 aliphatic rings. The monoisotopic (exact) mass is 307 g/mol. The summed E-state index contributed by atoms with van der Waals surface area (Å²) in [5.74, 6) is 0.858. The maximum absolute atomic E-state index is 5.51. The van der Waals surface area contributed by atoms with Crippen LogP contribution in [0.1, 0.15) is 25.3 Å². The predicted octanol–water partition coefficient (Wildman–Crippen LogP) is 2.06.